The minimum absolute atomic E-state index is 0.00470. The molecule has 3 aliphatic rings. The Bertz CT molecular complexity index is 1130. The van der Waals surface area contributed by atoms with Gasteiger partial charge in [-0.2, -0.15) is 0 Å². The summed E-state index contributed by atoms with van der Waals surface area (Å²) in [4.78, 5) is 14.7. The molecule has 0 aromatic heterocycles. The number of rotatable bonds is 9. The van der Waals surface area contributed by atoms with E-state index in [1.54, 1.807) is 14.2 Å². The highest BCUT2D eigenvalue weighted by Crippen LogP contribution is 2.44. The van der Waals surface area contributed by atoms with Gasteiger partial charge in [0.2, 0.25) is 0 Å². The average molecular weight is 487 g/mol. The second-order valence-electron chi connectivity index (χ2n) is 9.77. The number of carboxylic acids is 1. The molecular weight excluding hydrogens is 452 g/mol. The number of methoxy groups -OCH3 is 2. The quantitative estimate of drug-likeness (QED) is 0.467. The van der Waals surface area contributed by atoms with Crippen molar-refractivity contribution in [3.05, 3.63) is 95.6 Å². The van der Waals surface area contributed by atoms with Crippen molar-refractivity contribution in [1.29, 1.82) is 0 Å². The third-order valence-corrected chi connectivity index (χ3v) is 7.94. The largest absolute Gasteiger partial charge is 0.497 e. The molecule has 3 aromatic carbocycles. The number of nitrogens with one attached hydrogen (secondary N) is 1. The van der Waals surface area contributed by atoms with Crippen molar-refractivity contribution in [2.24, 2.45) is 11.8 Å². The molecule has 5 atom stereocenters. The summed E-state index contributed by atoms with van der Waals surface area (Å²) in [5.74, 6) is 0.641. The van der Waals surface area contributed by atoms with Gasteiger partial charge in [-0.05, 0) is 48.2 Å². The summed E-state index contributed by atoms with van der Waals surface area (Å²) in [6, 6.07) is 27.1. The van der Waals surface area contributed by atoms with Gasteiger partial charge in [0.15, 0.2) is 0 Å². The van der Waals surface area contributed by atoms with E-state index in [1.165, 1.54) is 11.1 Å². The monoisotopic (exact) mass is 486 g/mol. The maximum atomic E-state index is 12.3. The van der Waals surface area contributed by atoms with Crippen molar-refractivity contribution in [2.45, 2.75) is 31.0 Å². The molecule has 188 valence electrons. The van der Waals surface area contributed by atoms with E-state index in [0.29, 0.717) is 13.1 Å². The van der Waals surface area contributed by atoms with Crippen molar-refractivity contribution in [3.8, 4) is 11.5 Å². The number of carbonyl (C=O) groups is 1. The Balaban J connectivity index is 1.54. The molecule has 0 saturated carbocycles. The van der Waals surface area contributed by atoms with Crippen LogP contribution in [0, 0.1) is 11.8 Å². The molecule has 3 fully saturated rings. The van der Waals surface area contributed by atoms with Crippen LogP contribution in [0.25, 0.3) is 0 Å². The molecule has 3 heterocycles. The molecule has 3 aromatic rings. The molecule has 3 saturated heterocycles. The van der Waals surface area contributed by atoms with Crippen LogP contribution in [0.3, 0.4) is 0 Å². The summed E-state index contributed by atoms with van der Waals surface area (Å²) in [5, 5.41) is 13.9. The van der Waals surface area contributed by atoms with E-state index in [9.17, 15) is 9.90 Å². The fourth-order valence-corrected chi connectivity index (χ4v) is 6.28. The SMILES string of the molecule is COc1ccc(OC)c(CNC2C3CCN(CC3C(=O)O)C2C(c2ccccc2)c2ccccc2)c1. The lowest BCUT2D eigenvalue weighted by Gasteiger charge is -2.56. The van der Waals surface area contributed by atoms with Gasteiger partial charge in [-0.25, -0.2) is 0 Å². The van der Waals surface area contributed by atoms with Gasteiger partial charge in [-0.1, -0.05) is 60.7 Å². The van der Waals surface area contributed by atoms with Crippen LogP contribution < -0.4 is 14.8 Å². The molecule has 6 rings (SSSR count). The van der Waals surface area contributed by atoms with Gasteiger partial charge in [-0.15, -0.1) is 0 Å². The van der Waals surface area contributed by atoms with Gasteiger partial charge >= 0.3 is 5.97 Å². The molecule has 6 nitrogen and oxygen atoms in total. The van der Waals surface area contributed by atoms with Crippen molar-refractivity contribution < 1.29 is 19.4 Å². The number of carboxylic acid groups (broad SMARTS) is 1. The van der Waals surface area contributed by atoms with E-state index in [2.05, 4.69) is 58.7 Å². The van der Waals surface area contributed by atoms with Crippen molar-refractivity contribution >= 4 is 5.97 Å². The van der Waals surface area contributed by atoms with Crippen LogP contribution >= 0.6 is 0 Å². The minimum Gasteiger partial charge on any atom is -0.497 e. The number of aliphatic carboxylic acids is 1. The summed E-state index contributed by atoms with van der Waals surface area (Å²) in [7, 11) is 3.33. The number of hydrogen-bond acceptors (Lipinski definition) is 5. The van der Waals surface area contributed by atoms with Crippen LogP contribution in [0.15, 0.2) is 78.9 Å². The van der Waals surface area contributed by atoms with Crippen molar-refractivity contribution in [2.75, 3.05) is 27.3 Å². The molecule has 2 bridgehead atoms. The number of hydrogen-bond donors (Lipinski definition) is 2. The molecule has 2 N–H and O–H groups in total. The number of fused-ring (bicyclic) bond motifs is 3. The van der Waals surface area contributed by atoms with Gasteiger partial charge in [0.25, 0.3) is 0 Å². The standard InChI is InChI=1S/C30H34N2O4/c1-35-23-13-14-26(36-2)22(17-23)18-31-28-24-15-16-32(19-25(24)30(33)34)29(28)27(20-9-5-3-6-10-20)21-11-7-4-8-12-21/h3-14,17,24-25,27-29,31H,15-16,18-19H2,1-2H3,(H,33,34). The molecule has 0 radical (unpaired) electrons. The summed E-state index contributed by atoms with van der Waals surface area (Å²) in [5.41, 5.74) is 3.49. The second-order valence-corrected chi connectivity index (χ2v) is 9.77. The highest BCUT2D eigenvalue weighted by Gasteiger charge is 2.52. The fourth-order valence-electron chi connectivity index (χ4n) is 6.28. The van der Waals surface area contributed by atoms with E-state index in [4.69, 9.17) is 9.47 Å². The Morgan fingerprint density at radius 3 is 2.25 bits per heavy atom. The molecule has 0 aliphatic carbocycles. The van der Waals surface area contributed by atoms with E-state index in [0.717, 1.165) is 30.0 Å². The first-order valence-electron chi connectivity index (χ1n) is 12.6. The lowest BCUT2D eigenvalue weighted by molar-refractivity contribution is -0.152. The van der Waals surface area contributed by atoms with Crippen LogP contribution in [-0.2, 0) is 11.3 Å². The lowest BCUT2D eigenvalue weighted by Crippen LogP contribution is -2.68. The zero-order valence-electron chi connectivity index (χ0n) is 20.8. The molecule has 3 aliphatic heterocycles. The fraction of sp³-hybridized carbons (Fsp3) is 0.367. The molecule has 0 amide bonds. The lowest BCUT2D eigenvalue weighted by atomic mass is 9.66. The van der Waals surface area contributed by atoms with Gasteiger partial charge in [0, 0.05) is 36.7 Å². The van der Waals surface area contributed by atoms with Crippen molar-refractivity contribution in [3.63, 3.8) is 0 Å². The molecule has 6 heteroatoms. The predicted octanol–water partition coefficient (Wildman–Crippen LogP) is 4.40. The highest BCUT2D eigenvalue weighted by molar-refractivity contribution is 5.71. The minimum atomic E-state index is -0.704. The summed E-state index contributed by atoms with van der Waals surface area (Å²) >= 11 is 0. The van der Waals surface area contributed by atoms with E-state index < -0.39 is 5.97 Å². The van der Waals surface area contributed by atoms with Crippen LogP contribution in [0.4, 0.5) is 0 Å². The average Bonchev–Trinajstić information content (AvgIpc) is 2.93. The molecule has 0 spiro atoms. The third-order valence-electron chi connectivity index (χ3n) is 7.94. The number of ether oxygens (including phenoxy) is 2. The van der Waals surface area contributed by atoms with E-state index in [-0.39, 0.29) is 29.8 Å². The summed E-state index contributed by atoms with van der Waals surface area (Å²) in [6.07, 6.45) is 0.872. The first-order chi connectivity index (χ1) is 17.6. The highest BCUT2D eigenvalue weighted by atomic mass is 16.5. The smallest absolute Gasteiger partial charge is 0.308 e. The van der Waals surface area contributed by atoms with E-state index in [1.807, 2.05) is 30.3 Å². The summed E-state index contributed by atoms with van der Waals surface area (Å²) < 4.78 is 11.1. The zero-order valence-corrected chi connectivity index (χ0v) is 20.8. The Morgan fingerprint density at radius 1 is 1.00 bits per heavy atom. The first-order valence-corrected chi connectivity index (χ1v) is 12.6. The number of benzene rings is 3. The second kappa shape index (κ2) is 10.7. The van der Waals surface area contributed by atoms with E-state index >= 15 is 0 Å². The van der Waals surface area contributed by atoms with Crippen LogP contribution in [0.2, 0.25) is 0 Å². The Labute approximate surface area is 212 Å². The van der Waals surface area contributed by atoms with Crippen molar-refractivity contribution in [1.82, 2.24) is 10.2 Å². The topological polar surface area (TPSA) is 71.0 Å². The molecular formula is C30H34N2O4. The van der Waals surface area contributed by atoms with Crippen LogP contribution in [0.5, 0.6) is 11.5 Å². The predicted molar refractivity (Wildman–Crippen MR) is 139 cm³/mol. The first kappa shape index (κ1) is 24.3. The maximum Gasteiger partial charge on any atom is 0.308 e. The van der Waals surface area contributed by atoms with Crippen LogP contribution in [0.1, 0.15) is 29.0 Å². The summed E-state index contributed by atoms with van der Waals surface area (Å²) in [6.45, 7) is 2.06. The maximum absolute atomic E-state index is 12.3. The Kier molecular flexibility index (Phi) is 7.25. The Hall–Kier alpha value is -3.35. The van der Waals surface area contributed by atoms with Gasteiger partial charge in [-0.3, -0.25) is 9.69 Å². The molecule has 5 unspecified atom stereocenters. The van der Waals surface area contributed by atoms with Gasteiger partial charge in [0.1, 0.15) is 11.5 Å². The normalized spacial score (nSPS) is 25.0. The third kappa shape index (κ3) is 4.71. The van der Waals surface area contributed by atoms with Gasteiger partial charge in [0.05, 0.1) is 20.1 Å². The number of piperidine rings is 3. The molecule has 36 heavy (non-hydrogen) atoms. The number of nitrogens with zero attached hydrogens (tertiary/aromatic N) is 1. The van der Waals surface area contributed by atoms with Crippen LogP contribution in [-0.4, -0.2) is 55.4 Å². The Morgan fingerprint density at radius 2 is 1.67 bits per heavy atom. The zero-order chi connectivity index (χ0) is 25.1. The van der Waals surface area contributed by atoms with Gasteiger partial charge < -0.3 is 19.9 Å².